The summed E-state index contributed by atoms with van der Waals surface area (Å²) in [6.07, 6.45) is 2.91. The van der Waals surface area contributed by atoms with E-state index in [0.29, 0.717) is 22.7 Å². The number of fused-ring (bicyclic) bond motifs is 1. The highest BCUT2D eigenvalue weighted by atomic mass is 19.1. The predicted octanol–water partition coefficient (Wildman–Crippen LogP) is 2.54. The van der Waals surface area contributed by atoms with Gasteiger partial charge in [0.2, 0.25) is 0 Å². The van der Waals surface area contributed by atoms with Crippen LogP contribution in [0.5, 0.6) is 0 Å². The summed E-state index contributed by atoms with van der Waals surface area (Å²) in [5.41, 5.74) is 2.54. The van der Waals surface area contributed by atoms with Gasteiger partial charge < -0.3 is 10.3 Å². The number of aromatic nitrogens is 4. The molecule has 5 nitrogen and oxygen atoms in total. The van der Waals surface area contributed by atoms with Gasteiger partial charge in [-0.05, 0) is 24.6 Å². The fourth-order valence-corrected chi connectivity index (χ4v) is 1.72. The Kier molecular flexibility index (Phi) is 2.40. The van der Waals surface area contributed by atoms with E-state index < -0.39 is 0 Å². The summed E-state index contributed by atoms with van der Waals surface area (Å²) in [6, 6.07) is 4.86. The van der Waals surface area contributed by atoms with E-state index in [9.17, 15) is 4.39 Å². The molecule has 2 aromatic heterocycles. The third kappa shape index (κ3) is 1.77. The fourth-order valence-electron chi connectivity index (χ4n) is 1.72. The number of imidazole rings is 1. The van der Waals surface area contributed by atoms with Crippen molar-refractivity contribution in [2.75, 3.05) is 5.32 Å². The number of nitrogens with zero attached hydrogens (tertiary/aromatic N) is 3. The number of nitrogens with one attached hydrogen (secondary N) is 2. The molecule has 0 unspecified atom stereocenters. The van der Waals surface area contributed by atoms with Crippen molar-refractivity contribution in [1.82, 2.24) is 19.9 Å². The van der Waals surface area contributed by atoms with E-state index in [4.69, 9.17) is 0 Å². The third-order valence-corrected chi connectivity index (χ3v) is 2.60. The summed E-state index contributed by atoms with van der Waals surface area (Å²) in [6.45, 7) is 1.90. The van der Waals surface area contributed by atoms with Gasteiger partial charge in [0, 0.05) is 0 Å². The Balaban J connectivity index is 2.06. The first-order valence-electron chi connectivity index (χ1n) is 5.41. The maximum Gasteiger partial charge on any atom is 0.182 e. The van der Waals surface area contributed by atoms with Gasteiger partial charge >= 0.3 is 0 Å². The topological polar surface area (TPSA) is 66.5 Å². The zero-order valence-corrected chi connectivity index (χ0v) is 9.61. The van der Waals surface area contributed by atoms with Crippen molar-refractivity contribution >= 4 is 22.7 Å². The van der Waals surface area contributed by atoms with Gasteiger partial charge in [-0.25, -0.2) is 19.3 Å². The largest absolute Gasteiger partial charge is 0.340 e. The summed E-state index contributed by atoms with van der Waals surface area (Å²) in [7, 11) is 0. The minimum absolute atomic E-state index is 0.327. The molecule has 0 fully saturated rings. The van der Waals surface area contributed by atoms with E-state index in [1.165, 1.54) is 18.7 Å². The number of anilines is 2. The maximum atomic E-state index is 13.6. The SMILES string of the molecule is Cc1ccc(F)c(Nc2ncnc3nc[nH]c23)c1. The van der Waals surface area contributed by atoms with E-state index in [1.807, 2.05) is 6.92 Å². The molecular weight excluding hydrogens is 233 g/mol. The summed E-state index contributed by atoms with van der Waals surface area (Å²) in [4.78, 5) is 15.0. The molecular formula is C12H10FN5. The van der Waals surface area contributed by atoms with Crippen LogP contribution >= 0.6 is 0 Å². The zero-order chi connectivity index (χ0) is 12.5. The van der Waals surface area contributed by atoms with Gasteiger partial charge in [-0.2, -0.15) is 0 Å². The second kappa shape index (κ2) is 4.06. The van der Waals surface area contributed by atoms with Crippen LogP contribution in [0.15, 0.2) is 30.9 Å². The predicted molar refractivity (Wildman–Crippen MR) is 66.1 cm³/mol. The van der Waals surface area contributed by atoms with Crippen molar-refractivity contribution in [3.05, 3.63) is 42.2 Å². The molecule has 3 aromatic rings. The Morgan fingerprint density at radius 3 is 3.00 bits per heavy atom. The van der Waals surface area contributed by atoms with Crippen molar-refractivity contribution in [1.29, 1.82) is 0 Å². The minimum Gasteiger partial charge on any atom is -0.340 e. The van der Waals surface area contributed by atoms with Crippen molar-refractivity contribution in [2.45, 2.75) is 6.92 Å². The highest BCUT2D eigenvalue weighted by Gasteiger charge is 2.08. The van der Waals surface area contributed by atoms with Gasteiger partial charge in [0.25, 0.3) is 0 Å². The number of aromatic amines is 1. The van der Waals surface area contributed by atoms with E-state index in [0.717, 1.165) is 5.56 Å². The van der Waals surface area contributed by atoms with Gasteiger partial charge in [-0.3, -0.25) is 0 Å². The molecule has 18 heavy (non-hydrogen) atoms. The number of H-pyrrole nitrogens is 1. The molecule has 0 aliphatic heterocycles. The molecule has 0 aliphatic carbocycles. The van der Waals surface area contributed by atoms with Gasteiger partial charge in [0.15, 0.2) is 11.5 Å². The Bertz CT molecular complexity index is 707. The lowest BCUT2D eigenvalue weighted by Crippen LogP contribution is -1.98. The van der Waals surface area contributed by atoms with Crippen LogP contribution in [0.2, 0.25) is 0 Å². The molecule has 2 heterocycles. The molecule has 0 amide bonds. The quantitative estimate of drug-likeness (QED) is 0.725. The van der Waals surface area contributed by atoms with Gasteiger partial charge in [0.05, 0.1) is 12.0 Å². The highest BCUT2D eigenvalue weighted by Crippen LogP contribution is 2.23. The number of hydrogen-bond donors (Lipinski definition) is 2. The van der Waals surface area contributed by atoms with Crippen LogP contribution in [0, 0.1) is 12.7 Å². The van der Waals surface area contributed by atoms with Crippen LogP contribution in [-0.4, -0.2) is 19.9 Å². The Morgan fingerprint density at radius 2 is 2.11 bits per heavy atom. The number of aryl methyl sites for hydroxylation is 1. The second-order valence-electron chi connectivity index (χ2n) is 3.93. The molecule has 1 aromatic carbocycles. The van der Waals surface area contributed by atoms with Crippen molar-refractivity contribution in [3.63, 3.8) is 0 Å². The van der Waals surface area contributed by atoms with Crippen LogP contribution in [0.4, 0.5) is 15.9 Å². The molecule has 2 N–H and O–H groups in total. The highest BCUT2D eigenvalue weighted by molar-refractivity contribution is 5.84. The van der Waals surface area contributed by atoms with Crippen LogP contribution in [0.25, 0.3) is 11.2 Å². The van der Waals surface area contributed by atoms with E-state index in [-0.39, 0.29) is 5.82 Å². The number of hydrogen-bond acceptors (Lipinski definition) is 4. The smallest absolute Gasteiger partial charge is 0.182 e. The molecule has 0 spiro atoms. The first-order chi connectivity index (χ1) is 8.74. The van der Waals surface area contributed by atoms with Crippen LogP contribution in [-0.2, 0) is 0 Å². The average molecular weight is 243 g/mol. The fraction of sp³-hybridized carbons (Fsp3) is 0.0833. The number of benzene rings is 1. The van der Waals surface area contributed by atoms with Crippen LogP contribution in [0.1, 0.15) is 5.56 Å². The van der Waals surface area contributed by atoms with Crippen LogP contribution in [0.3, 0.4) is 0 Å². The summed E-state index contributed by atoms with van der Waals surface area (Å²) in [5, 5.41) is 2.94. The molecule has 0 saturated carbocycles. The lowest BCUT2D eigenvalue weighted by molar-refractivity contribution is 0.631. The second-order valence-corrected chi connectivity index (χ2v) is 3.93. The van der Waals surface area contributed by atoms with Gasteiger partial charge in [0.1, 0.15) is 17.7 Å². The lowest BCUT2D eigenvalue weighted by atomic mass is 10.2. The Labute approximate surface area is 102 Å². The number of rotatable bonds is 2. The van der Waals surface area contributed by atoms with Crippen molar-refractivity contribution in [2.24, 2.45) is 0 Å². The van der Waals surface area contributed by atoms with E-state index >= 15 is 0 Å². The molecule has 0 aliphatic rings. The maximum absolute atomic E-state index is 13.6. The Morgan fingerprint density at radius 1 is 1.22 bits per heavy atom. The lowest BCUT2D eigenvalue weighted by Gasteiger charge is -2.07. The summed E-state index contributed by atoms with van der Waals surface area (Å²) >= 11 is 0. The zero-order valence-electron chi connectivity index (χ0n) is 9.61. The first kappa shape index (κ1) is 10.6. The van der Waals surface area contributed by atoms with Crippen LogP contribution < -0.4 is 5.32 Å². The minimum atomic E-state index is -0.327. The molecule has 0 bridgehead atoms. The van der Waals surface area contributed by atoms with E-state index in [1.54, 1.807) is 12.1 Å². The monoisotopic (exact) mass is 243 g/mol. The van der Waals surface area contributed by atoms with Crippen molar-refractivity contribution in [3.8, 4) is 0 Å². The van der Waals surface area contributed by atoms with E-state index in [2.05, 4.69) is 25.3 Å². The van der Waals surface area contributed by atoms with Gasteiger partial charge in [-0.15, -0.1) is 0 Å². The normalized spacial score (nSPS) is 10.8. The third-order valence-electron chi connectivity index (χ3n) is 2.60. The molecule has 3 rings (SSSR count). The number of halogens is 1. The summed E-state index contributed by atoms with van der Waals surface area (Å²) < 4.78 is 13.6. The Hall–Kier alpha value is -2.50. The molecule has 0 radical (unpaired) electrons. The molecule has 6 heteroatoms. The molecule has 0 saturated heterocycles. The first-order valence-corrected chi connectivity index (χ1v) is 5.41. The molecule has 90 valence electrons. The van der Waals surface area contributed by atoms with Gasteiger partial charge in [-0.1, -0.05) is 6.07 Å². The molecule has 0 atom stereocenters. The summed E-state index contributed by atoms with van der Waals surface area (Å²) in [5.74, 6) is 0.175. The average Bonchev–Trinajstić information content (AvgIpc) is 2.83. The van der Waals surface area contributed by atoms with Crippen molar-refractivity contribution < 1.29 is 4.39 Å². The standard InChI is InChI=1S/C12H10FN5/c1-7-2-3-8(13)9(4-7)18-12-10-11(15-5-14-10)16-6-17-12/h2-6H,1H3,(H2,14,15,16,17,18).